The zero-order chi connectivity index (χ0) is 62.8. The maximum absolute atomic E-state index is 13.0. The summed E-state index contributed by atoms with van der Waals surface area (Å²) in [5.74, 6) is -1.41. The highest BCUT2D eigenvalue weighted by Gasteiger charge is 2.30. The predicted octanol–water partition coefficient (Wildman–Crippen LogP) is 18.6. The molecule has 0 amide bonds. The van der Waals surface area contributed by atoms with Crippen LogP contribution in [0.2, 0.25) is 0 Å². The Balaban J connectivity index is 5.16. The van der Waals surface area contributed by atoms with Crippen LogP contribution < -0.4 is 0 Å². The van der Waals surface area contributed by atoms with Crippen LogP contribution >= 0.6 is 15.6 Å². The molecule has 0 aromatic heterocycles. The number of phosphoric acid groups is 2. The molecule has 0 rings (SSSR count). The number of phosphoric ester groups is 2. The summed E-state index contributed by atoms with van der Waals surface area (Å²) in [6, 6.07) is 0. The minimum absolute atomic E-state index is 0.105. The molecule has 3 N–H and O–H groups in total. The molecule has 0 fully saturated rings. The van der Waals surface area contributed by atoms with Crippen molar-refractivity contribution in [3.05, 3.63) is 0 Å². The van der Waals surface area contributed by atoms with Crippen LogP contribution in [0.5, 0.6) is 0 Å². The third-order valence-electron chi connectivity index (χ3n) is 15.3. The van der Waals surface area contributed by atoms with E-state index >= 15 is 0 Å². The molecule has 0 aliphatic carbocycles. The summed E-state index contributed by atoms with van der Waals surface area (Å²) in [5, 5.41) is 10.5. The molecular formula is C66H128O17P2. The van der Waals surface area contributed by atoms with Crippen LogP contribution in [0.4, 0.5) is 0 Å². The highest BCUT2D eigenvalue weighted by Crippen LogP contribution is 2.45. The number of carbonyl (C=O) groups excluding carboxylic acids is 4. The second-order valence-corrected chi connectivity index (χ2v) is 27.2. The van der Waals surface area contributed by atoms with Gasteiger partial charge in [-0.25, -0.2) is 9.13 Å². The maximum atomic E-state index is 13.0. The molecule has 0 spiro atoms. The fourth-order valence-electron chi connectivity index (χ4n) is 9.94. The third kappa shape index (κ3) is 60.7. The minimum Gasteiger partial charge on any atom is -0.462 e. The van der Waals surface area contributed by atoms with Crippen LogP contribution in [0, 0.1) is 5.92 Å². The molecule has 0 radical (unpaired) electrons. The van der Waals surface area contributed by atoms with Crippen molar-refractivity contribution in [2.75, 3.05) is 39.6 Å². The molecule has 0 heterocycles. The van der Waals surface area contributed by atoms with Gasteiger partial charge < -0.3 is 33.8 Å². The Bertz CT molecular complexity index is 1650. The number of hydrogen-bond acceptors (Lipinski definition) is 15. The van der Waals surface area contributed by atoms with E-state index in [0.29, 0.717) is 25.7 Å². The Morgan fingerprint density at radius 3 is 0.800 bits per heavy atom. The Hall–Kier alpha value is -1.94. The number of esters is 4. The van der Waals surface area contributed by atoms with Gasteiger partial charge in [0, 0.05) is 25.7 Å². The zero-order valence-corrected chi connectivity index (χ0v) is 56.5. The van der Waals surface area contributed by atoms with Crippen molar-refractivity contribution in [3.8, 4) is 0 Å². The van der Waals surface area contributed by atoms with Crippen LogP contribution in [-0.4, -0.2) is 96.7 Å². The number of hydrogen-bond donors (Lipinski definition) is 3. The average Bonchev–Trinajstić information content (AvgIpc) is 3.62. The van der Waals surface area contributed by atoms with E-state index < -0.39 is 97.5 Å². The van der Waals surface area contributed by atoms with Gasteiger partial charge in [0.05, 0.1) is 26.4 Å². The molecule has 5 atom stereocenters. The van der Waals surface area contributed by atoms with Crippen LogP contribution in [0.1, 0.15) is 336 Å². The number of carbonyl (C=O) groups is 4. The lowest BCUT2D eigenvalue weighted by Crippen LogP contribution is -2.30. The van der Waals surface area contributed by atoms with Crippen LogP contribution in [0.15, 0.2) is 0 Å². The van der Waals surface area contributed by atoms with E-state index in [4.69, 9.17) is 37.0 Å². The lowest BCUT2D eigenvalue weighted by atomic mass is 10.0. The summed E-state index contributed by atoms with van der Waals surface area (Å²) < 4.78 is 67.9. The number of aliphatic hydroxyl groups is 1. The number of rotatable bonds is 66. The van der Waals surface area contributed by atoms with Gasteiger partial charge in [-0.05, 0) is 31.6 Å². The monoisotopic (exact) mass is 1250 g/mol. The lowest BCUT2D eigenvalue weighted by Gasteiger charge is -2.21. The van der Waals surface area contributed by atoms with Crippen molar-refractivity contribution >= 4 is 39.5 Å². The first-order valence-electron chi connectivity index (χ1n) is 34.6. The smallest absolute Gasteiger partial charge is 0.462 e. The van der Waals surface area contributed by atoms with Gasteiger partial charge in [0.15, 0.2) is 12.2 Å². The van der Waals surface area contributed by atoms with Crippen LogP contribution in [0.3, 0.4) is 0 Å². The van der Waals surface area contributed by atoms with Crippen LogP contribution in [-0.2, 0) is 65.4 Å². The second-order valence-electron chi connectivity index (χ2n) is 24.3. The minimum atomic E-state index is -4.95. The quantitative estimate of drug-likeness (QED) is 0.0222. The highest BCUT2D eigenvalue weighted by molar-refractivity contribution is 7.47. The summed E-state index contributed by atoms with van der Waals surface area (Å²) in [4.78, 5) is 72.1. The molecular weight excluding hydrogens is 1130 g/mol. The fraction of sp³-hybridized carbons (Fsp3) is 0.939. The molecule has 2 unspecified atom stereocenters. The molecule has 19 heteroatoms. The van der Waals surface area contributed by atoms with Gasteiger partial charge in [-0.2, -0.15) is 0 Å². The topological polar surface area (TPSA) is 237 Å². The van der Waals surface area contributed by atoms with E-state index in [-0.39, 0.29) is 25.7 Å². The van der Waals surface area contributed by atoms with Crippen molar-refractivity contribution in [1.82, 2.24) is 0 Å². The Kier molecular flexibility index (Phi) is 58.3. The summed E-state index contributed by atoms with van der Waals surface area (Å²) in [5.41, 5.74) is 0. The SMILES string of the molecule is CCCCCCCCCCCCCCCCCCCCC(=O)O[C@H](COC(=O)CCCCCCCCCCC(C)C)COP(=O)(O)OC[C@@H](O)COP(=O)(O)OC[C@@H](COC(=O)CCCCCCCCCC)OC(=O)CCCCCCCCCC. The van der Waals surface area contributed by atoms with Crippen molar-refractivity contribution in [3.63, 3.8) is 0 Å². The van der Waals surface area contributed by atoms with Crippen molar-refractivity contribution in [2.45, 2.75) is 355 Å². The fourth-order valence-corrected chi connectivity index (χ4v) is 11.5. The number of ether oxygens (including phenoxy) is 4. The van der Waals surface area contributed by atoms with Gasteiger partial charge in [0.1, 0.15) is 19.3 Å². The van der Waals surface area contributed by atoms with Gasteiger partial charge >= 0.3 is 39.5 Å². The summed E-state index contributed by atoms with van der Waals surface area (Å²) in [7, 11) is -9.88. The molecule has 0 saturated heterocycles. The Morgan fingerprint density at radius 1 is 0.318 bits per heavy atom. The van der Waals surface area contributed by atoms with Gasteiger partial charge in [-0.1, -0.05) is 285 Å². The number of aliphatic hydroxyl groups excluding tert-OH is 1. The van der Waals surface area contributed by atoms with Gasteiger partial charge in [-0.3, -0.25) is 37.3 Å². The molecule has 0 saturated carbocycles. The van der Waals surface area contributed by atoms with E-state index in [1.807, 2.05) is 0 Å². The largest absolute Gasteiger partial charge is 0.472 e. The van der Waals surface area contributed by atoms with E-state index in [2.05, 4.69) is 34.6 Å². The van der Waals surface area contributed by atoms with Crippen molar-refractivity contribution in [1.29, 1.82) is 0 Å². The van der Waals surface area contributed by atoms with Crippen LogP contribution in [0.25, 0.3) is 0 Å². The molecule has 17 nitrogen and oxygen atoms in total. The van der Waals surface area contributed by atoms with Crippen molar-refractivity contribution in [2.24, 2.45) is 5.92 Å². The summed E-state index contributed by atoms with van der Waals surface area (Å²) in [6.45, 7) is 7.13. The van der Waals surface area contributed by atoms with E-state index in [1.165, 1.54) is 148 Å². The summed E-state index contributed by atoms with van der Waals surface area (Å²) >= 11 is 0. The van der Waals surface area contributed by atoms with E-state index in [9.17, 15) is 43.2 Å². The second kappa shape index (κ2) is 59.7. The van der Waals surface area contributed by atoms with E-state index in [1.54, 1.807) is 0 Å². The lowest BCUT2D eigenvalue weighted by molar-refractivity contribution is -0.161. The first-order valence-corrected chi connectivity index (χ1v) is 37.6. The summed E-state index contributed by atoms with van der Waals surface area (Å²) in [6.07, 6.45) is 44.7. The average molecular weight is 1260 g/mol. The molecule has 0 aromatic carbocycles. The maximum Gasteiger partial charge on any atom is 0.472 e. The molecule has 0 bridgehead atoms. The molecule has 0 aliphatic rings. The third-order valence-corrected chi connectivity index (χ3v) is 17.2. The standard InChI is InChI=1S/C66H128O17P2/c1-6-9-12-15-18-21-22-23-24-25-26-27-28-29-30-37-42-47-52-66(71)83-62(56-77-64(69)50-45-40-36-32-31-33-38-43-48-59(4)5)58-81-85(74,75)79-54-60(67)53-78-84(72,73)80-57-61(82-65(70)51-46-41-35-20-17-14-11-8-3)55-76-63(68)49-44-39-34-19-16-13-10-7-2/h59-62,67H,6-58H2,1-5H3,(H,72,73)(H,74,75)/t60-,61+,62+/m0/s1. The van der Waals surface area contributed by atoms with Gasteiger partial charge in [0.2, 0.25) is 0 Å². The zero-order valence-electron chi connectivity index (χ0n) is 54.7. The Morgan fingerprint density at radius 2 is 0.541 bits per heavy atom. The first-order chi connectivity index (χ1) is 41.0. The predicted molar refractivity (Wildman–Crippen MR) is 340 cm³/mol. The van der Waals surface area contributed by atoms with Gasteiger partial charge in [-0.15, -0.1) is 0 Å². The van der Waals surface area contributed by atoms with Crippen molar-refractivity contribution < 1.29 is 80.2 Å². The molecule has 0 aliphatic heterocycles. The molecule has 504 valence electrons. The highest BCUT2D eigenvalue weighted by atomic mass is 31.2. The first kappa shape index (κ1) is 83.1. The number of unbranched alkanes of at least 4 members (excludes halogenated alkanes) is 38. The van der Waals surface area contributed by atoms with Gasteiger partial charge in [0.25, 0.3) is 0 Å². The van der Waals surface area contributed by atoms with E-state index in [0.717, 1.165) is 109 Å². The Labute approximate surface area is 517 Å². The molecule has 85 heavy (non-hydrogen) atoms. The normalized spacial score (nSPS) is 14.2. The molecule has 0 aromatic rings.